The first-order valence-electron chi connectivity index (χ1n) is 9.80. The molecule has 2 heterocycles. The summed E-state index contributed by atoms with van der Waals surface area (Å²) in [4.78, 5) is 13.0. The second kappa shape index (κ2) is 9.09. The average Bonchev–Trinajstić information content (AvgIpc) is 3.36. The van der Waals surface area contributed by atoms with Crippen LogP contribution in [0.3, 0.4) is 0 Å². The van der Waals surface area contributed by atoms with Crippen LogP contribution in [0.4, 0.5) is 0 Å². The maximum absolute atomic E-state index is 13.0. The van der Waals surface area contributed by atoms with E-state index >= 15 is 0 Å². The lowest BCUT2D eigenvalue weighted by molar-refractivity contribution is 0.0953. The van der Waals surface area contributed by atoms with E-state index in [1.165, 1.54) is 0 Å². The lowest BCUT2D eigenvalue weighted by Gasteiger charge is -2.06. The van der Waals surface area contributed by atoms with Crippen molar-refractivity contribution in [3.05, 3.63) is 88.8 Å². The number of nitrogens with zero attached hydrogens (tertiary/aromatic N) is 4. The van der Waals surface area contributed by atoms with Crippen LogP contribution in [0.1, 0.15) is 22.5 Å². The summed E-state index contributed by atoms with van der Waals surface area (Å²) in [6.45, 7) is 3.25. The number of aryl methyl sites for hydroxylation is 2. The first-order valence-corrected chi connectivity index (χ1v) is 10.6. The van der Waals surface area contributed by atoms with E-state index in [4.69, 9.17) is 5.10 Å². The highest BCUT2D eigenvalue weighted by Gasteiger charge is 2.18. The van der Waals surface area contributed by atoms with Gasteiger partial charge in [0, 0.05) is 31.0 Å². The normalized spacial score (nSPS) is 10.9. The number of aromatic nitrogens is 4. The lowest BCUT2D eigenvalue weighted by Crippen LogP contribution is -2.25. The van der Waals surface area contributed by atoms with E-state index in [9.17, 15) is 4.79 Å². The molecule has 0 bridgehead atoms. The molecule has 0 saturated heterocycles. The van der Waals surface area contributed by atoms with Gasteiger partial charge in [-0.05, 0) is 41.4 Å². The maximum Gasteiger partial charge on any atom is 0.255 e. The van der Waals surface area contributed by atoms with Gasteiger partial charge in [-0.25, -0.2) is 4.68 Å². The Hall–Kier alpha value is -3.19. The second-order valence-corrected chi connectivity index (χ2v) is 7.83. The van der Waals surface area contributed by atoms with Crippen molar-refractivity contribution in [2.45, 2.75) is 19.9 Å². The maximum atomic E-state index is 13.0. The van der Waals surface area contributed by atoms with Gasteiger partial charge in [0.25, 0.3) is 5.91 Å². The second-order valence-electron chi connectivity index (χ2n) is 6.97. The zero-order valence-corrected chi connectivity index (χ0v) is 18.2. The Morgan fingerprint density at radius 3 is 2.37 bits per heavy atom. The summed E-state index contributed by atoms with van der Waals surface area (Å²) in [7, 11) is 0. The monoisotopic (exact) mass is 463 g/mol. The summed E-state index contributed by atoms with van der Waals surface area (Å²) < 4.78 is 4.63. The molecule has 0 atom stereocenters. The molecule has 0 spiro atoms. The van der Waals surface area contributed by atoms with E-state index < -0.39 is 0 Å². The van der Waals surface area contributed by atoms with Gasteiger partial charge >= 0.3 is 0 Å². The number of nitrogens with one attached hydrogen (secondary N) is 1. The Morgan fingerprint density at radius 1 is 1.00 bits per heavy atom. The number of hydrogen-bond acceptors (Lipinski definition) is 3. The smallest absolute Gasteiger partial charge is 0.255 e. The molecule has 7 heteroatoms. The van der Waals surface area contributed by atoms with Crippen LogP contribution < -0.4 is 5.32 Å². The predicted molar refractivity (Wildman–Crippen MR) is 121 cm³/mol. The fourth-order valence-electron chi connectivity index (χ4n) is 3.21. The molecular weight excluding hydrogens is 442 g/mol. The van der Waals surface area contributed by atoms with Crippen molar-refractivity contribution >= 4 is 21.8 Å². The molecule has 1 N–H and O–H groups in total. The van der Waals surface area contributed by atoms with Crippen LogP contribution in [0.25, 0.3) is 16.9 Å². The number of amides is 1. The topological polar surface area (TPSA) is 64.7 Å². The van der Waals surface area contributed by atoms with Gasteiger partial charge in [-0.15, -0.1) is 0 Å². The zero-order valence-electron chi connectivity index (χ0n) is 16.6. The van der Waals surface area contributed by atoms with Gasteiger partial charge in [0.2, 0.25) is 0 Å². The van der Waals surface area contributed by atoms with Crippen molar-refractivity contribution in [3.8, 4) is 16.9 Å². The molecule has 4 aromatic rings. The van der Waals surface area contributed by atoms with E-state index in [-0.39, 0.29) is 5.91 Å². The fraction of sp³-hybridized carbons (Fsp3) is 0.174. The number of para-hydroxylation sites is 1. The molecule has 1 amide bonds. The number of halogens is 1. The van der Waals surface area contributed by atoms with Crippen molar-refractivity contribution in [1.29, 1.82) is 0 Å². The van der Waals surface area contributed by atoms with E-state index in [1.807, 2.05) is 78.5 Å². The largest absolute Gasteiger partial charge is 0.352 e. The van der Waals surface area contributed by atoms with Crippen molar-refractivity contribution in [2.24, 2.45) is 0 Å². The molecule has 0 aliphatic rings. The minimum Gasteiger partial charge on any atom is -0.352 e. The number of carbonyl (C=O) groups is 1. The van der Waals surface area contributed by atoms with Gasteiger partial charge in [-0.1, -0.05) is 48.5 Å². The molecule has 4 rings (SSSR count). The zero-order chi connectivity index (χ0) is 20.9. The number of rotatable bonds is 7. The van der Waals surface area contributed by atoms with Crippen molar-refractivity contribution < 1.29 is 4.79 Å². The Kier molecular flexibility index (Phi) is 6.09. The molecule has 0 aliphatic heterocycles. The quantitative estimate of drug-likeness (QED) is 0.406. The van der Waals surface area contributed by atoms with Crippen LogP contribution in [0.15, 0.2) is 77.5 Å². The highest BCUT2D eigenvalue weighted by Crippen LogP contribution is 2.23. The van der Waals surface area contributed by atoms with Crippen LogP contribution in [0.5, 0.6) is 0 Å². The lowest BCUT2D eigenvalue weighted by atomic mass is 10.1. The molecule has 0 unspecified atom stereocenters. The molecule has 2 aromatic carbocycles. The van der Waals surface area contributed by atoms with E-state index in [2.05, 4.69) is 26.3 Å². The SMILES string of the molecule is Cc1nn(CCCNC(=O)c2cn(-c3ccccc3)nc2-c2ccccc2)cc1Br. The molecule has 0 fully saturated rings. The number of hydrogen-bond donors (Lipinski definition) is 1. The van der Waals surface area contributed by atoms with Crippen LogP contribution in [0, 0.1) is 6.92 Å². The first kappa shape index (κ1) is 20.1. The van der Waals surface area contributed by atoms with E-state index in [0.717, 1.165) is 34.4 Å². The molecule has 0 radical (unpaired) electrons. The highest BCUT2D eigenvalue weighted by atomic mass is 79.9. The highest BCUT2D eigenvalue weighted by molar-refractivity contribution is 9.10. The summed E-state index contributed by atoms with van der Waals surface area (Å²) in [5, 5.41) is 12.1. The van der Waals surface area contributed by atoms with Crippen LogP contribution in [-0.2, 0) is 6.54 Å². The van der Waals surface area contributed by atoms with Gasteiger partial charge in [-0.3, -0.25) is 9.48 Å². The van der Waals surface area contributed by atoms with E-state index in [0.29, 0.717) is 17.8 Å². The third-order valence-electron chi connectivity index (χ3n) is 4.76. The summed E-state index contributed by atoms with van der Waals surface area (Å²) in [6.07, 6.45) is 4.53. The standard InChI is InChI=1S/C23H22BrN5O/c1-17-21(24)16-28(26-17)14-8-13-25-23(30)20-15-29(19-11-6-3-7-12-19)27-22(20)18-9-4-2-5-10-18/h2-7,9-12,15-16H,8,13-14H2,1H3,(H,25,30). The summed E-state index contributed by atoms with van der Waals surface area (Å²) in [5.41, 5.74) is 4.01. The van der Waals surface area contributed by atoms with Crippen LogP contribution >= 0.6 is 15.9 Å². The molecule has 30 heavy (non-hydrogen) atoms. The molecule has 152 valence electrons. The molecular formula is C23H22BrN5O. The Morgan fingerprint density at radius 2 is 1.70 bits per heavy atom. The number of benzene rings is 2. The first-order chi connectivity index (χ1) is 14.6. The minimum atomic E-state index is -0.131. The molecule has 0 aliphatic carbocycles. The van der Waals surface area contributed by atoms with E-state index in [1.54, 1.807) is 10.9 Å². The third kappa shape index (κ3) is 4.52. The van der Waals surface area contributed by atoms with Gasteiger partial charge in [0.05, 0.1) is 21.4 Å². The molecule has 6 nitrogen and oxygen atoms in total. The summed E-state index contributed by atoms with van der Waals surface area (Å²) in [5.74, 6) is -0.131. The Bertz CT molecular complexity index is 1120. The minimum absolute atomic E-state index is 0.131. The predicted octanol–water partition coefficient (Wildman–Crippen LogP) is 4.63. The molecule has 0 saturated carbocycles. The summed E-state index contributed by atoms with van der Waals surface area (Å²) >= 11 is 3.47. The Balaban J connectivity index is 1.50. The third-order valence-corrected chi connectivity index (χ3v) is 5.54. The molecule has 2 aromatic heterocycles. The van der Waals surface area contributed by atoms with Gasteiger partial charge in [-0.2, -0.15) is 10.2 Å². The van der Waals surface area contributed by atoms with Crippen LogP contribution in [0.2, 0.25) is 0 Å². The summed E-state index contributed by atoms with van der Waals surface area (Å²) in [6, 6.07) is 19.6. The van der Waals surface area contributed by atoms with Crippen molar-refractivity contribution in [2.75, 3.05) is 6.54 Å². The van der Waals surface area contributed by atoms with Gasteiger partial charge < -0.3 is 5.32 Å². The van der Waals surface area contributed by atoms with Crippen LogP contribution in [-0.4, -0.2) is 32.0 Å². The fourth-order valence-corrected chi connectivity index (χ4v) is 3.52. The van der Waals surface area contributed by atoms with Gasteiger partial charge in [0.15, 0.2) is 0 Å². The average molecular weight is 464 g/mol. The van der Waals surface area contributed by atoms with Crippen molar-refractivity contribution in [1.82, 2.24) is 24.9 Å². The van der Waals surface area contributed by atoms with Gasteiger partial charge in [0.1, 0.15) is 5.69 Å². The van der Waals surface area contributed by atoms with Crippen molar-refractivity contribution in [3.63, 3.8) is 0 Å². The Labute approximate surface area is 183 Å². The number of carbonyl (C=O) groups excluding carboxylic acids is 1.